The summed E-state index contributed by atoms with van der Waals surface area (Å²) in [5.41, 5.74) is 9.51. The molecule has 0 atom stereocenters. The molecule has 8 heavy (non-hydrogen) atoms. The zero-order valence-corrected chi connectivity index (χ0v) is 4.99. The monoisotopic (exact) mass is 134 g/mol. The topological polar surface area (TPSA) is 69.1 Å². The fourth-order valence-corrected chi connectivity index (χ4v) is 0.138. The molecule has 46 valence electrons. The van der Waals surface area contributed by atoms with Gasteiger partial charge in [-0.1, -0.05) is 5.92 Å². The van der Waals surface area contributed by atoms with E-state index in [1.165, 1.54) is 0 Å². The summed E-state index contributed by atoms with van der Waals surface area (Å²) in [6.07, 6.45) is 0. The van der Waals surface area contributed by atoms with Crippen LogP contribution in [0.1, 0.15) is 0 Å². The SMILES string of the molecule is Cl.NCC#CC(N)=O. The summed E-state index contributed by atoms with van der Waals surface area (Å²) in [5, 5.41) is 0. The maximum Gasteiger partial charge on any atom is 0.293 e. The van der Waals surface area contributed by atoms with Crippen molar-refractivity contribution in [1.82, 2.24) is 0 Å². The Morgan fingerprint density at radius 3 is 2.25 bits per heavy atom. The summed E-state index contributed by atoms with van der Waals surface area (Å²) in [4.78, 5) is 9.75. The van der Waals surface area contributed by atoms with Crippen LogP contribution in [0.4, 0.5) is 0 Å². The third-order valence-corrected chi connectivity index (χ3v) is 0.314. The molecule has 0 bridgehead atoms. The molecule has 0 spiro atoms. The third kappa shape index (κ3) is 8.99. The highest BCUT2D eigenvalue weighted by Crippen LogP contribution is 1.47. The molecule has 3 nitrogen and oxygen atoms in total. The minimum Gasteiger partial charge on any atom is -0.359 e. The second-order valence-electron chi connectivity index (χ2n) is 0.870. The number of carbonyl (C=O) groups is 1. The van der Waals surface area contributed by atoms with Crippen LogP contribution in [-0.4, -0.2) is 12.5 Å². The first kappa shape index (κ1) is 10.3. The molecule has 0 rings (SSSR count). The summed E-state index contributed by atoms with van der Waals surface area (Å²) >= 11 is 0. The molecule has 0 aromatic heterocycles. The van der Waals surface area contributed by atoms with Crippen LogP contribution in [0.15, 0.2) is 0 Å². The lowest BCUT2D eigenvalue weighted by Gasteiger charge is -1.69. The van der Waals surface area contributed by atoms with Crippen molar-refractivity contribution in [3.63, 3.8) is 0 Å². The highest BCUT2D eigenvalue weighted by molar-refractivity contribution is 5.91. The first-order chi connectivity index (χ1) is 3.27. The zero-order chi connectivity index (χ0) is 5.70. The van der Waals surface area contributed by atoms with Gasteiger partial charge in [0.05, 0.1) is 6.54 Å². The number of hydrogen-bond acceptors (Lipinski definition) is 2. The predicted molar refractivity (Wildman–Crippen MR) is 33.3 cm³/mol. The van der Waals surface area contributed by atoms with E-state index in [4.69, 9.17) is 5.73 Å². The summed E-state index contributed by atoms with van der Waals surface area (Å²) in [6, 6.07) is 0. The lowest BCUT2D eigenvalue weighted by Crippen LogP contribution is -2.07. The van der Waals surface area contributed by atoms with Crippen LogP contribution in [0.3, 0.4) is 0 Å². The second-order valence-corrected chi connectivity index (χ2v) is 0.870. The number of carbonyl (C=O) groups excluding carboxylic acids is 1. The Morgan fingerprint density at radius 2 is 2.12 bits per heavy atom. The Morgan fingerprint density at radius 1 is 1.62 bits per heavy atom. The van der Waals surface area contributed by atoms with Gasteiger partial charge in [0.25, 0.3) is 5.91 Å². The number of amides is 1. The van der Waals surface area contributed by atoms with Crippen molar-refractivity contribution in [2.24, 2.45) is 11.5 Å². The Labute approximate surface area is 53.8 Å². The van der Waals surface area contributed by atoms with E-state index in [1.807, 2.05) is 0 Å². The van der Waals surface area contributed by atoms with E-state index in [1.54, 1.807) is 0 Å². The minimum absolute atomic E-state index is 0. The summed E-state index contributed by atoms with van der Waals surface area (Å²) in [7, 11) is 0. The fourth-order valence-electron chi connectivity index (χ4n) is 0.138. The summed E-state index contributed by atoms with van der Waals surface area (Å²) < 4.78 is 0. The number of nitrogens with two attached hydrogens (primary N) is 2. The predicted octanol–water partition coefficient (Wildman–Crippen LogP) is -1.14. The van der Waals surface area contributed by atoms with Crippen molar-refractivity contribution in [1.29, 1.82) is 0 Å². The van der Waals surface area contributed by atoms with Crippen LogP contribution >= 0.6 is 12.4 Å². The van der Waals surface area contributed by atoms with Crippen molar-refractivity contribution < 1.29 is 4.79 Å². The smallest absolute Gasteiger partial charge is 0.293 e. The molecular formula is C4H7ClN2O. The quantitative estimate of drug-likeness (QED) is 0.411. The Kier molecular flexibility index (Phi) is 8.08. The fraction of sp³-hybridized carbons (Fsp3) is 0.250. The van der Waals surface area contributed by atoms with Crippen LogP contribution in [-0.2, 0) is 4.79 Å². The molecule has 0 unspecified atom stereocenters. The molecule has 0 aliphatic carbocycles. The van der Waals surface area contributed by atoms with Crippen LogP contribution in [0.25, 0.3) is 0 Å². The molecule has 0 saturated heterocycles. The van der Waals surface area contributed by atoms with E-state index in [-0.39, 0.29) is 19.0 Å². The van der Waals surface area contributed by atoms with Gasteiger partial charge in [-0.2, -0.15) is 0 Å². The molecule has 0 radical (unpaired) electrons. The average Bonchev–Trinajstić information content (AvgIpc) is 1.61. The van der Waals surface area contributed by atoms with E-state index in [0.29, 0.717) is 0 Å². The maximum atomic E-state index is 9.75. The van der Waals surface area contributed by atoms with Gasteiger partial charge < -0.3 is 11.5 Å². The van der Waals surface area contributed by atoms with E-state index < -0.39 is 5.91 Å². The summed E-state index contributed by atoms with van der Waals surface area (Å²) in [6.45, 7) is 0.183. The molecule has 0 fully saturated rings. The zero-order valence-electron chi connectivity index (χ0n) is 4.18. The average molecular weight is 135 g/mol. The number of primary amides is 1. The van der Waals surface area contributed by atoms with E-state index in [9.17, 15) is 4.79 Å². The van der Waals surface area contributed by atoms with Gasteiger partial charge in [-0.05, 0) is 5.92 Å². The molecule has 0 aromatic carbocycles. The Hall–Kier alpha value is -0.720. The minimum atomic E-state index is -0.634. The number of rotatable bonds is 0. The lowest BCUT2D eigenvalue weighted by atomic mass is 10.5. The molecular weight excluding hydrogens is 128 g/mol. The molecule has 0 heterocycles. The molecule has 0 aliphatic rings. The van der Waals surface area contributed by atoms with Gasteiger partial charge >= 0.3 is 0 Å². The first-order valence-corrected chi connectivity index (χ1v) is 1.75. The van der Waals surface area contributed by atoms with Crippen molar-refractivity contribution in [3.8, 4) is 11.8 Å². The van der Waals surface area contributed by atoms with Crippen LogP contribution < -0.4 is 11.5 Å². The van der Waals surface area contributed by atoms with Gasteiger partial charge in [0.1, 0.15) is 0 Å². The molecule has 0 aliphatic heterocycles. The number of hydrogen-bond donors (Lipinski definition) is 2. The molecule has 0 saturated carbocycles. The largest absolute Gasteiger partial charge is 0.359 e. The van der Waals surface area contributed by atoms with E-state index >= 15 is 0 Å². The van der Waals surface area contributed by atoms with Gasteiger partial charge in [-0.25, -0.2) is 0 Å². The number of halogens is 1. The third-order valence-electron chi connectivity index (χ3n) is 0.314. The van der Waals surface area contributed by atoms with Crippen molar-refractivity contribution >= 4 is 18.3 Å². The van der Waals surface area contributed by atoms with Gasteiger partial charge in [0, 0.05) is 0 Å². The Balaban J connectivity index is 0. The van der Waals surface area contributed by atoms with Crippen molar-refractivity contribution in [2.75, 3.05) is 6.54 Å². The highest BCUT2D eigenvalue weighted by atomic mass is 35.5. The second kappa shape index (κ2) is 6.28. The van der Waals surface area contributed by atoms with Crippen LogP contribution in [0.5, 0.6) is 0 Å². The lowest BCUT2D eigenvalue weighted by molar-refractivity contribution is -0.112. The van der Waals surface area contributed by atoms with Gasteiger partial charge in [0.2, 0.25) is 0 Å². The highest BCUT2D eigenvalue weighted by Gasteiger charge is 1.74. The van der Waals surface area contributed by atoms with Crippen LogP contribution in [0, 0.1) is 11.8 Å². The van der Waals surface area contributed by atoms with Gasteiger partial charge in [-0.15, -0.1) is 12.4 Å². The normalized spacial score (nSPS) is 5.62. The van der Waals surface area contributed by atoms with Crippen molar-refractivity contribution in [2.45, 2.75) is 0 Å². The Bertz CT molecular complexity index is 124. The van der Waals surface area contributed by atoms with Gasteiger partial charge in [-0.3, -0.25) is 4.79 Å². The van der Waals surface area contributed by atoms with Crippen LogP contribution in [0.2, 0.25) is 0 Å². The molecule has 1 amide bonds. The summed E-state index contributed by atoms with van der Waals surface area (Å²) in [5.74, 6) is 3.73. The van der Waals surface area contributed by atoms with Gasteiger partial charge in [0.15, 0.2) is 0 Å². The molecule has 4 heteroatoms. The van der Waals surface area contributed by atoms with E-state index in [2.05, 4.69) is 17.6 Å². The molecule has 4 N–H and O–H groups in total. The van der Waals surface area contributed by atoms with Crippen molar-refractivity contribution in [3.05, 3.63) is 0 Å². The first-order valence-electron chi connectivity index (χ1n) is 1.75. The molecule has 0 aromatic rings. The maximum absolute atomic E-state index is 9.75. The van der Waals surface area contributed by atoms with E-state index in [0.717, 1.165) is 0 Å². The standard InChI is InChI=1S/C4H6N2O.ClH/c5-3-1-2-4(6)7;/h3,5H2,(H2,6,7);1H.